The Balaban J connectivity index is 2.18. The third-order valence-corrected chi connectivity index (χ3v) is 5.25. The van der Waals surface area contributed by atoms with Crippen molar-refractivity contribution in [3.05, 3.63) is 55.2 Å². The zero-order chi connectivity index (χ0) is 13.3. The van der Waals surface area contributed by atoms with Gasteiger partial charge in [-0.05, 0) is 59.5 Å². The molecule has 1 aromatic heterocycles. The molecule has 0 spiro atoms. The third kappa shape index (κ3) is 2.90. The van der Waals surface area contributed by atoms with Crippen LogP contribution in [0.25, 0.3) is 0 Å². The summed E-state index contributed by atoms with van der Waals surface area (Å²) in [5.74, 6) is 0.192. The number of thiophene rings is 1. The highest BCUT2D eigenvalue weighted by molar-refractivity contribution is 9.10. The molecule has 3 heteroatoms. The van der Waals surface area contributed by atoms with Crippen LogP contribution >= 0.6 is 27.3 Å². The first kappa shape index (κ1) is 13.5. The van der Waals surface area contributed by atoms with Crippen LogP contribution in [0.3, 0.4) is 0 Å². The van der Waals surface area contributed by atoms with E-state index in [9.17, 15) is 4.79 Å². The first-order chi connectivity index (χ1) is 8.47. The maximum absolute atomic E-state index is 12.2. The smallest absolute Gasteiger partial charge is 0.177 e. The predicted octanol–water partition coefficient (Wildman–Crippen LogP) is 4.86. The zero-order valence-corrected chi connectivity index (χ0v) is 13.1. The van der Waals surface area contributed by atoms with Gasteiger partial charge in [-0.15, -0.1) is 11.3 Å². The number of hydrogen-bond acceptors (Lipinski definition) is 2. The van der Waals surface area contributed by atoms with Gasteiger partial charge < -0.3 is 0 Å². The van der Waals surface area contributed by atoms with Gasteiger partial charge in [0.1, 0.15) is 0 Å². The lowest BCUT2D eigenvalue weighted by Crippen LogP contribution is -2.01. The van der Waals surface area contributed by atoms with Crippen LogP contribution in [-0.2, 0) is 6.42 Å². The molecule has 0 unspecified atom stereocenters. The summed E-state index contributed by atoms with van der Waals surface area (Å²) in [7, 11) is 0. The van der Waals surface area contributed by atoms with Crippen LogP contribution in [0, 0.1) is 20.8 Å². The molecule has 0 fully saturated rings. The Morgan fingerprint density at radius 1 is 1.17 bits per heavy atom. The number of halogens is 1. The van der Waals surface area contributed by atoms with Crippen molar-refractivity contribution in [2.24, 2.45) is 0 Å². The molecule has 0 saturated carbocycles. The van der Waals surface area contributed by atoms with Gasteiger partial charge in [0.15, 0.2) is 5.78 Å². The fourth-order valence-corrected chi connectivity index (χ4v) is 3.26. The van der Waals surface area contributed by atoms with Gasteiger partial charge >= 0.3 is 0 Å². The van der Waals surface area contributed by atoms with Crippen LogP contribution < -0.4 is 0 Å². The Kier molecular flexibility index (Phi) is 4.03. The fraction of sp³-hybridized carbons (Fsp3) is 0.267. The van der Waals surface area contributed by atoms with Crippen LogP contribution in [0.5, 0.6) is 0 Å². The summed E-state index contributed by atoms with van der Waals surface area (Å²) in [6.45, 7) is 6.18. The molecule has 1 nitrogen and oxygen atoms in total. The summed E-state index contributed by atoms with van der Waals surface area (Å²) in [4.78, 5) is 14.1. The molecule has 0 amide bonds. The quantitative estimate of drug-likeness (QED) is 0.737. The van der Waals surface area contributed by atoms with Crippen molar-refractivity contribution < 1.29 is 4.79 Å². The molecule has 1 heterocycles. The second-order valence-electron chi connectivity index (χ2n) is 4.53. The van der Waals surface area contributed by atoms with E-state index in [1.807, 2.05) is 19.1 Å². The fourth-order valence-electron chi connectivity index (χ4n) is 1.78. The molecule has 94 valence electrons. The van der Waals surface area contributed by atoms with Gasteiger partial charge in [0, 0.05) is 15.8 Å². The molecule has 0 bridgehead atoms. The Morgan fingerprint density at radius 2 is 1.89 bits per heavy atom. The maximum Gasteiger partial charge on any atom is 0.177 e. The molecule has 0 radical (unpaired) electrons. The molecule has 1 aromatic carbocycles. The first-order valence-corrected chi connectivity index (χ1v) is 7.43. The molecular weight excluding hydrogens is 308 g/mol. The number of rotatable bonds is 3. The number of Topliss-reactive ketones (excluding diaryl/α,β-unsaturated/α-hetero) is 1. The summed E-state index contributed by atoms with van der Waals surface area (Å²) >= 11 is 5.00. The van der Waals surface area contributed by atoms with E-state index in [2.05, 4.69) is 41.9 Å². The van der Waals surface area contributed by atoms with E-state index in [1.165, 1.54) is 11.1 Å². The third-order valence-electron chi connectivity index (χ3n) is 3.07. The first-order valence-electron chi connectivity index (χ1n) is 5.82. The normalized spacial score (nSPS) is 10.7. The molecule has 2 rings (SSSR count). The average Bonchev–Trinajstić information content (AvgIpc) is 2.65. The number of carbonyl (C=O) groups excluding carboxylic acids is 1. The summed E-state index contributed by atoms with van der Waals surface area (Å²) in [5.41, 5.74) is 3.59. The molecule has 0 aliphatic heterocycles. The van der Waals surface area contributed by atoms with Gasteiger partial charge in [-0.2, -0.15) is 0 Å². The van der Waals surface area contributed by atoms with Crippen molar-refractivity contribution in [1.29, 1.82) is 0 Å². The molecule has 0 aliphatic carbocycles. The van der Waals surface area contributed by atoms with E-state index in [-0.39, 0.29) is 5.78 Å². The second kappa shape index (κ2) is 5.37. The van der Waals surface area contributed by atoms with Crippen LogP contribution in [0.2, 0.25) is 0 Å². The van der Waals surface area contributed by atoms with E-state index >= 15 is 0 Å². The van der Waals surface area contributed by atoms with Gasteiger partial charge in [0.2, 0.25) is 0 Å². The highest BCUT2D eigenvalue weighted by atomic mass is 79.9. The minimum absolute atomic E-state index is 0.192. The van der Waals surface area contributed by atoms with Gasteiger partial charge in [-0.25, -0.2) is 0 Å². The van der Waals surface area contributed by atoms with Gasteiger partial charge in [-0.3, -0.25) is 4.79 Å². The van der Waals surface area contributed by atoms with E-state index in [4.69, 9.17) is 0 Å². The summed E-state index contributed by atoms with van der Waals surface area (Å²) in [6, 6.07) is 8.13. The number of benzene rings is 1. The Bertz CT molecular complexity index is 579. The second-order valence-corrected chi connectivity index (χ2v) is 6.64. The highest BCUT2D eigenvalue weighted by Gasteiger charge is 2.12. The van der Waals surface area contributed by atoms with Gasteiger partial charge in [0.25, 0.3) is 0 Å². The molecular formula is C15H15BrOS. The maximum atomic E-state index is 12.2. The molecule has 18 heavy (non-hydrogen) atoms. The molecule has 0 N–H and O–H groups in total. The van der Waals surface area contributed by atoms with E-state index in [0.717, 1.165) is 19.8 Å². The lowest BCUT2D eigenvalue weighted by Gasteiger charge is -2.03. The minimum atomic E-state index is 0.192. The van der Waals surface area contributed by atoms with Crippen LogP contribution in [0.4, 0.5) is 0 Å². The standard InChI is InChI=1S/C15H15BrOS/c1-9-4-5-12(6-10(9)2)7-14(17)15-8-13(16)11(3)18-15/h4-6,8H,7H2,1-3H3. The molecule has 0 aliphatic rings. The SMILES string of the molecule is Cc1ccc(CC(=O)c2cc(Br)c(C)s2)cc1C. The van der Waals surface area contributed by atoms with Crippen LogP contribution in [0.15, 0.2) is 28.7 Å². The van der Waals surface area contributed by atoms with E-state index in [0.29, 0.717) is 6.42 Å². The van der Waals surface area contributed by atoms with Gasteiger partial charge in [-0.1, -0.05) is 18.2 Å². The van der Waals surface area contributed by atoms with E-state index in [1.54, 1.807) is 11.3 Å². The van der Waals surface area contributed by atoms with Crippen molar-refractivity contribution >= 4 is 33.0 Å². The zero-order valence-electron chi connectivity index (χ0n) is 10.7. The van der Waals surface area contributed by atoms with Crippen molar-refractivity contribution in [2.75, 3.05) is 0 Å². The highest BCUT2D eigenvalue weighted by Crippen LogP contribution is 2.27. The van der Waals surface area contributed by atoms with Crippen molar-refractivity contribution in [3.63, 3.8) is 0 Å². The number of hydrogen-bond donors (Lipinski definition) is 0. The molecule has 2 aromatic rings. The Morgan fingerprint density at radius 3 is 2.44 bits per heavy atom. The average molecular weight is 323 g/mol. The van der Waals surface area contributed by atoms with Crippen molar-refractivity contribution in [2.45, 2.75) is 27.2 Å². The lowest BCUT2D eigenvalue weighted by molar-refractivity contribution is 0.0997. The summed E-state index contributed by atoms with van der Waals surface area (Å²) < 4.78 is 1.02. The minimum Gasteiger partial charge on any atom is -0.293 e. The predicted molar refractivity (Wildman–Crippen MR) is 80.7 cm³/mol. The van der Waals surface area contributed by atoms with Gasteiger partial charge in [0.05, 0.1) is 4.88 Å². The van der Waals surface area contributed by atoms with E-state index < -0.39 is 0 Å². The topological polar surface area (TPSA) is 17.1 Å². The molecule has 0 saturated heterocycles. The number of aryl methyl sites for hydroxylation is 3. The lowest BCUT2D eigenvalue weighted by atomic mass is 10.0. The van der Waals surface area contributed by atoms with Crippen LogP contribution in [-0.4, -0.2) is 5.78 Å². The Hall–Kier alpha value is -0.930. The van der Waals surface area contributed by atoms with Crippen LogP contribution in [0.1, 0.15) is 31.2 Å². The monoisotopic (exact) mass is 322 g/mol. The summed E-state index contributed by atoms with van der Waals surface area (Å²) in [6.07, 6.45) is 0.480. The number of ketones is 1. The van der Waals surface area contributed by atoms with Crippen molar-refractivity contribution in [3.8, 4) is 0 Å². The Labute approximate surface area is 120 Å². The largest absolute Gasteiger partial charge is 0.293 e. The molecule has 0 atom stereocenters. The summed E-state index contributed by atoms with van der Waals surface area (Å²) in [5, 5.41) is 0. The number of carbonyl (C=O) groups is 1. The van der Waals surface area contributed by atoms with Crippen molar-refractivity contribution in [1.82, 2.24) is 0 Å².